The molecule has 1 fully saturated rings. The molecule has 0 N–H and O–H groups in total. The molecule has 0 saturated carbocycles. The second-order valence-electron chi connectivity index (χ2n) is 6.71. The number of aromatic nitrogens is 1. The van der Waals surface area contributed by atoms with E-state index in [-0.39, 0.29) is 10.1 Å². The quantitative estimate of drug-likeness (QED) is 0.561. The minimum atomic E-state index is -4.79. The highest BCUT2D eigenvalue weighted by molar-refractivity contribution is 7.22. The lowest BCUT2D eigenvalue weighted by Crippen LogP contribution is -2.49. The second-order valence-corrected chi connectivity index (χ2v) is 7.69. The molecule has 1 saturated heterocycles. The lowest BCUT2D eigenvalue weighted by Gasteiger charge is -2.37. The van der Waals surface area contributed by atoms with Crippen LogP contribution in [0.1, 0.15) is 25.8 Å². The minimum Gasteiger partial charge on any atom is -0.345 e. The molecule has 0 radical (unpaired) electrons. The van der Waals surface area contributed by atoms with Gasteiger partial charge in [0.25, 0.3) is 11.2 Å². The number of non-ortho nitro benzene ring substituents is 1. The number of alkyl halides is 3. The summed E-state index contributed by atoms with van der Waals surface area (Å²) in [5, 5.41) is 11.3. The van der Waals surface area contributed by atoms with Crippen molar-refractivity contribution in [2.45, 2.75) is 32.5 Å². The lowest BCUT2D eigenvalue weighted by atomic mass is 10.1. The van der Waals surface area contributed by atoms with Gasteiger partial charge in [-0.2, -0.15) is 18.2 Å². The average Bonchev–Trinajstić information content (AvgIpc) is 2.65. The zero-order valence-electron chi connectivity index (χ0n) is 15.3. The summed E-state index contributed by atoms with van der Waals surface area (Å²) in [6.07, 6.45) is -3.78. The van der Waals surface area contributed by atoms with Crippen LogP contribution in [0.25, 0.3) is 10.1 Å². The van der Waals surface area contributed by atoms with Gasteiger partial charge in [0.15, 0.2) is 5.13 Å². The average molecular weight is 416 g/mol. The van der Waals surface area contributed by atoms with Gasteiger partial charge < -0.3 is 4.90 Å². The van der Waals surface area contributed by atoms with Crippen molar-refractivity contribution in [3.8, 4) is 0 Å². The SMILES string of the molecule is CCC(C)N1CCN(c2nc(=O)c3cc(C(F)(F)F)cc([N+](=O)[O-])c3s2)CC1. The van der Waals surface area contributed by atoms with Gasteiger partial charge in [-0.3, -0.25) is 19.8 Å². The summed E-state index contributed by atoms with van der Waals surface area (Å²) in [6, 6.07) is 1.54. The zero-order chi connectivity index (χ0) is 20.6. The summed E-state index contributed by atoms with van der Waals surface area (Å²) in [4.78, 5) is 30.9. The van der Waals surface area contributed by atoms with Crippen LogP contribution in [0, 0.1) is 10.1 Å². The van der Waals surface area contributed by atoms with Crippen LogP contribution < -0.4 is 10.5 Å². The number of halogens is 3. The fourth-order valence-electron chi connectivity index (χ4n) is 3.19. The van der Waals surface area contributed by atoms with Gasteiger partial charge in [0.1, 0.15) is 4.70 Å². The van der Waals surface area contributed by atoms with Crippen LogP contribution in [0.15, 0.2) is 16.9 Å². The van der Waals surface area contributed by atoms with Crippen LogP contribution >= 0.6 is 11.3 Å². The van der Waals surface area contributed by atoms with Crippen molar-refractivity contribution >= 4 is 32.2 Å². The van der Waals surface area contributed by atoms with E-state index in [9.17, 15) is 28.1 Å². The molecule has 152 valence electrons. The zero-order valence-corrected chi connectivity index (χ0v) is 16.1. The summed E-state index contributed by atoms with van der Waals surface area (Å²) in [6.45, 7) is 6.92. The maximum absolute atomic E-state index is 13.0. The van der Waals surface area contributed by atoms with Crippen molar-refractivity contribution in [3.05, 3.63) is 38.2 Å². The van der Waals surface area contributed by atoms with Crippen LogP contribution in [0.4, 0.5) is 24.0 Å². The Bertz CT molecular complexity index is 955. The van der Waals surface area contributed by atoms with Gasteiger partial charge in [0.2, 0.25) is 0 Å². The summed E-state index contributed by atoms with van der Waals surface area (Å²) in [7, 11) is 0. The number of nitro groups is 1. The van der Waals surface area contributed by atoms with Gasteiger partial charge in [-0.05, 0) is 19.4 Å². The molecule has 0 bridgehead atoms. The fraction of sp³-hybridized carbons (Fsp3) is 0.529. The molecule has 3 rings (SSSR count). The maximum atomic E-state index is 13.0. The fourth-order valence-corrected chi connectivity index (χ4v) is 4.30. The molecule has 7 nitrogen and oxygen atoms in total. The highest BCUT2D eigenvalue weighted by Crippen LogP contribution is 2.38. The molecule has 0 aliphatic carbocycles. The molecule has 28 heavy (non-hydrogen) atoms. The Morgan fingerprint density at radius 1 is 1.29 bits per heavy atom. The van der Waals surface area contributed by atoms with Crippen molar-refractivity contribution in [2.24, 2.45) is 0 Å². The van der Waals surface area contributed by atoms with E-state index in [2.05, 4.69) is 23.7 Å². The number of nitro benzene ring substituents is 1. The van der Waals surface area contributed by atoms with E-state index in [1.54, 1.807) is 0 Å². The highest BCUT2D eigenvalue weighted by atomic mass is 32.1. The Morgan fingerprint density at radius 3 is 2.46 bits per heavy atom. The molecular formula is C17H19F3N4O3S. The number of piperazine rings is 1. The predicted octanol–water partition coefficient (Wildman–Crippen LogP) is 3.50. The van der Waals surface area contributed by atoms with Gasteiger partial charge in [-0.1, -0.05) is 18.3 Å². The monoisotopic (exact) mass is 416 g/mol. The molecule has 2 aromatic rings. The van der Waals surface area contributed by atoms with Crippen molar-refractivity contribution in [2.75, 3.05) is 31.1 Å². The standard InChI is InChI=1S/C17H19F3N4O3S/c1-3-10(2)22-4-6-23(7-5-22)16-21-15(25)12-8-11(17(18,19)20)9-13(24(26)27)14(12)28-16/h8-10H,3-7H2,1-2H3. The Kier molecular flexibility index (Phi) is 5.57. The van der Waals surface area contributed by atoms with E-state index in [1.807, 2.05) is 4.90 Å². The largest absolute Gasteiger partial charge is 0.416 e. The number of nitrogens with zero attached hydrogens (tertiary/aromatic N) is 4. The van der Waals surface area contributed by atoms with Gasteiger partial charge in [-0.15, -0.1) is 0 Å². The Morgan fingerprint density at radius 2 is 1.93 bits per heavy atom. The van der Waals surface area contributed by atoms with Crippen molar-refractivity contribution in [1.29, 1.82) is 0 Å². The molecule has 1 aromatic heterocycles. The highest BCUT2D eigenvalue weighted by Gasteiger charge is 2.34. The minimum absolute atomic E-state index is 0.0858. The van der Waals surface area contributed by atoms with Crippen LogP contribution in [0.2, 0.25) is 0 Å². The number of hydrogen-bond donors (Lipinski definition) is 0. The van der Waals surface area contributed by atoms with Gasteiger partial charge >= 0.3 is 6.18 Å². The molecule has 11 heteroatoms. The van der Waals surface area contributed by atoms with E-state index in [0.29, 0.717) is 36.4 Å². The lowest BCUT2D eigenvalue weighted by molar-refractivity contribution is -0.383. The van der Waals surface area contributed by atoms with E-state index < -0.39 is 27.9 Å². The van der Waals surface area contributed by atoms with Gasteiger partial charge in [0.05, 0.1) is 15.9 Å². The van der Waals surface area contributed by atoms with E-state index in [0.717, 1.165) is 30.8 Å². The number of anilines is 1. The molecule has 2 heterocycles. The van der Waals surface area contributed by atoms with Crippen LogP contribution in [-0.4, -0.2) is 47.0 Å². The van der Waals surface area contributed by atoms with E-state index in [4.69, 9.17) is 0 Å². The van der Waals surface area contributed by atoms with Crippen molar-refractivity contribution in [1.82, 2.24) is 9.88 Å². The number of fused-ring (bicyclic) bond motifs is 1. The van der Waals surface area contributed by atoms with Crippen LogP contribution in [0.5, 0.6) is 0 Å². The molecule has 1 aromatic carbocycles. The first-order valence-electron chi connectivity index (χ1n) is 8.81. The Hall–Kier alpha value is -2.27. The van der Waals surface area contributed by atoms with Crippen LogP contribution in [-0.2, 0) is 6.18 Å². The first kappa shape index (κ1) is 20.5. The van der Waals surface area contributed by atoms with Crippen molar-refractivity contribution < 1.29 is 18.1 Å². The Labute approximate surface area is 162 Å². The van der Waals surface area contributed by atoms with E-state index >= 15 is 0 Å². The van der Waals surface area contributed by atoms with Gasteiger partial charge in [0, 0.05) is 38.3 Å². The third-order valence-electron chi connectivity index (χ3n) is 5.01. The summed E-state index contributed by atoms with van der Waals surface area (Å²) < 4.78 is 39.0. The molecule has 0 spiro atoms. The molecule has 0 amide bonds. The predicted molar refractivity (Wildman–Crippen MR) is 101 cm³/mol. The third kappa shape index (κ3) is 3.95. The number of hydrogen-bond acceptors (Lipinski definition) is 7. The summed E-state index contributed by atoms with van der Waals surface area (Å²) in [5.41, 5.74) is -2.84. The van der Waals surface area contributed by atoms with Crippen LogP contribution in [0.3, 0.4) is 0 Å². The maximum Gasteiger partial charge on any atom is 0.416 e. The van der Waals surface area contributed by atoms with Crippen molar-refractivity contribution in [3.63, 3.8) is 0 Å². The van der Waals surface area contributed by atoms with Gasteiger partial charge in [-0.25, -0.2) is 0 Å². The molecule has 1 atom stereocenters. The van der Waals surface area contributed by atoms with E-state index in [1.165, 1.54) is 0 Å². The Balaban J connectivity index is 2.02. The second kappa shape index (κ2) is 7.63. The molecule has 1 aliphatic rings. The molecule has 1 unspecified atom stereocenters. The third-order valence-corrected chi connectivity index (χ3v) is 6.18. The smallest absolute Gasteiger partial charge is 0.345 e. The topological polar surface area (TPSA) is 79.6 Å². The molecular weight excluding hydrogens is 397 g/mol. The normalized spacial score (nSPS) is 17.1. The first-order chi connectivity index (χ1) is 13.1. The first-order valence-corrected chi connectivity index (χ1v) is 9.63. The number of benzene rings is 1. The summed E-state index contributed by atoms with van der Waals surface area (Å²) in [5.74, 6) is 0. The molecule has 1 aliphatic heterocycles. The summed E-state index contributed by atoms with van der Waals surface area (Å²) >= 11 is 0.884. The number of rotatable bonds is 4.